The SMILES string of the molecule is CC(=O)NN1c2cc(Cl)cc(Cl)c2[C@H](c2ccc(Cl)c([N+](=O)[O-])c2)C[C@H]1C(=O)O. The molecule has 2 aromatic rings. The number of halogens is 3. The molecule has 0 spiro atoms. The summed E-state index contributed by atoms with van der Waals surface area (Å²) in [6, 6.07) is 6.10. The maximum absolute atomic E-state index is 11.9. The van der Waals surface area contributed by atoms with Gasteiger partial charge in [-0.15, -0.1) is 0 Å². The maximum atomic E-state index is 11.9. The van der Waals surface area contributed by atoms with Crippen LogP contribution < -0.4 is 10.4 Å². The topological polar surface area (TPSA) is 113 Å². The standard InChI is InChI=1S/C18H14Cl3N3O5/c1-8(25)22-23-15-6-10(19)5-13(21)17(15)11(7-16(23)18(26)27)9-2-3-12(20)14(4-9)24(28)29/h2-6,11,16H,7H2,1H3,(H,22,25)(H,26,27)/t11-,16-/m0/s1. The molecule has 11 heteroatoms. The minimum atomic E-state index is -1.19. The molecule has 1 amide bonds. The summed E-state index contributed by atoms with van der Waals surface area (Å²) in [6.07, 6.45) is 0.00273. The highest BCUT2D eigenvalue weighted by molar-refractivity contribution is 6.36. The molecule has 29 heavy (non-hydrogen) atoms. The Morgan fingerprint density at radius 1 is 1.21 bits per heavy atom. The van der Waals surface area contributed by atoms with Crippen LogP contribution in [0.15, 0.2) is 30.3 Å². The quantitative estimate of drug-likeness (QED) is 0.518. The fraction of sp³-hybridized carbons (Fsp3) is 0.222. The molecule has 0 radical (unpaired) electrons. The minimum absolute atomic E-state index is 0.00273. The first-order valence-corrected chi connectivity index (χ1v) is 9.45. The van der Waals surface area contributed by atoms with Gasteiger partial charge in [-0.3, -0.25) is 25.3 Å². The van der Waals surface area contributed by atoms with Crippen LogP contribution in [-0.4, -0.2) is 27.9 Å². The first-order chi connectivity index (χ1) is 13.6. The van der Waals surface area contributed by atoms with Gasteiger partial charge >= 0.3 is 5.97 Å². The van der Waals surface area contributed by atoms with Crippen LogP contribution in [0.2, 0.25) is 15.1 Å². The zero-order valence-corrected chi connectivity index (χ0v) is 17.1. The maximum Gasteiger partial charge on any atom is 0.328 e. The summed E-state index contributed by atoms with van der Waals surface area (Å²) < 4.78 is 0. The molecular weight excluding hydrogens is 445 g/mol. The molecule has 2 aromatic carbocycles. The molecule has 0 fully saturated rings. The van der Waals surface area contributed by atoms with Gasteiger partial charge < -0.3 is 5.11 Å². The number of fused-ring (bicyclic) bond motifs is 1. The average Bonchev–Trinajstić information content (AvgIpc) is 2.61. The third kappa shape index (κ3) is 4.10. The van der Waals surface area contributed by atoms with Crippen LogP contribution in [0.3, 0.4) is 0 Å². The number of carboxylic acid groups (broad SMARTS) is 1. The van der Waals surface area contributed by atoms with Gasteiger partial charge in [0.1, 0.15) is 11.1 Å². The fourth-order valence-electron chi connectivity index (χ4n) is 3.44. The summed E-state index contributed by atoms with van der Waals surface area (Å²) >= 11 is 18.4. The Hall–Kier alpha value is -2.55. The molecule has 3 rings (SSSR count). The van der Waals surface area contributed by atoms with Crippen LogP contribution in [0.1, 0.15) is 30.4 Å². The van der Waals surface area contributed by atoms with Crippen molar-refractivity contribution in [2.45, 2.75) is 25.3 Å². The van der Waals surface area contributed by atoms with Crippen molar-refractivity contribution < 1.29 is 19.6 Å². The van der Waals surface area contributed by atoms with Gasteiger partial charge in [0, 0.05) is 34.5 Å². The van der Waals surface area contributed by atoms with Crippen LogP contribution in [0, 0.1) is 10.1 Å². The van der Waals surface area contributed by atoms with E-state index >= 15 is 0 Å². The van der Waals surface area contributed by atoms with Crippen LogP contribution in [-0.2, 0) is 9.59 Å². The number of nitrogens with zero attached hydrogens (tertiary/aromatic N) is 2. The number of amides is 1. The van der Waals surface area contributed by atoms with Gasteiger partial charge in [0.25, 0.3) is 5.69 Å². The van der Waals surface area contributed by atoms with E-state index in [-0.39, 0.29) is 27.2 Å². The monoisotopic (exact) mass is 457 g/mol. The second-order valence-electron chi connectivity index (χ2n) is 6.47. The molecule has 0 unspecified atom stereocenters. The fourth-order valence-corrected chi connectivity index (χ4v) is 4.24. The minimum Gasteiger partial charge on any atom is -0.480 e. The number of hydrogen-bond acceptors (Lipinski definition) is 5. The van der Waals surface area contributed by atoms with E-state index in [0.717, 1.165) is 0 Å². The molecular formula is C18H14Cl3N3O5. The summed E-state index contributed by atoms with van der Waals surface area (Å²) in [5.74, 6) is -2.26. The number of carbonyl (C=O) groups excluding carboxylic acids is 1. The Kier molecular flexibility index (Phi) is 5.88. The van der Waals surface area contributed by atoms with Gasteiger partial charge in [0.05, 0.1) is 10.6 Å². The van der Waals surface area contributed by atoms with E-state index in [1.165, 1.54) is 36.2 Å². The van der Waals surface area contributed by atoms with Gasteiger partial charge in [-0.25, -0.2) is 4.79 Å². The van der Waals surface area contributed by atoms with E-state index in [2.05, 4.69) is 5.43 Å². The molecule has 0 bridgehead atoms. The Labute approximate surface area is 180 Å². The highest BCUT2D eigenvalue weighted by Crippen LogP contribution is 2.47. The number of nitrogens with one attached hydrogen (secondary N) is 1. The van der Waals surface area contributed by atoms with Crippen molar-refractivity contribution >= 4 is 58.1 Å². The zero-order valence-electron chi connectivity index (χ0n) is 14.9. The number of anilines is 1. The molecule has 0 aromatic heterocycles. The van der Waals surface area contributed by atoms with Crippen molar-refractivity contribution in [3.8, 4) is 0 Å². The number of benzene rings is 2. The van der Waals surface area contributed by atoms with Crippen LogP contribution in [0.4, 0.5) is 11.4 Å². The summed E-state index contributed by atoms with van der Waals surface area (Å²) in [4.78, 5) is 34.3. The number of hydrazine groups is 1. The van der Waals surface area contributed by atoms with Gasteiger partial charge in [0.15, 0.2) is 0 Å². The van der Waals surface area contributed by atoms with Crippen molar-refractivity contribution in [2.24, 2.45) is 0 Å². The lowest BCUT2D eigenvalue weighted by Crippen LogP contribution is -2.54. The van der Waals surface area contributed by atoms with Gasteiger partial charge in [-0.2, -0.15) is 0 Å². The predicted octanol–water partition coefficient (Wildman–Crippen LogP) is 4.40. The normalized spacial score (nSPS) is 18.1. The molecule has 0 saturated heterocycles. The van der Waals surface area contributed by atoms with Crippen LogP contribution >= 0.6 is 34.8 Å². The van der Waals surface area contributed by atoms with Gasteiger partial charge in [0.2, 0.25) is 5.91 Å². The molecule has 1 aliphatic rings. The Bertz CT molecular complexity index is 1030. The summed E-state index contributed by atoms with van der Waals surface area (Å²) in [7, 11) is 0. The molecule has 2 atom stereocenters. The predicted molar refractivity (Wildman–Crippen MR) is 109 cm³/mol. The van der Waals surface area contributed by atoms with E-state index < -0.39 is 28.8 Å². The molecule has 8 nitrogen and oxygen atoms in total. The first kappa shape index (κ1) is 21.2. The smallest absolute Gasteiger partial charge is 0.328 e. The zero-order chi connectivity index (χ0) is 21.5. The third-order valence-corrected chi connectivity index (χ3v) is 5.43. The van der Waals surface area contributed by atoms with Crippen LogP contribution in [0.5, 0.6) is 0 Å². The highest BCUT2D eigenvalue weighted by atomic mass is 35.5. The van der Waals surface area contributed by atoms with E-state index in [1.807, 2.05) is 0 Å². The molecule has 1 aliphatic heterocycles. The number of carbonyl (C=O) groups is 2. The van der Waals surface area contributed by atoms with Gasteiger partial charge in [-0.1, -0.05) is 40.9 Å². The Morgan fingerprint density at radius 2 is 1.90 bits per heavy atom. The van der Waals surface area contributed by atoms with Crippen molar-refractivity contribution in [1.29, 1.82) is 0 Å². The van der Waals surface area contributed by atoms with E-state index in [9.17, 15) is 24.8 Å². The van der Waals surface area contributed by atoms with Crippen LogP contribution in [0.25, 0.3) is 0 Å². The molecule has 0 saturated carbocycles. The lowest BCUT2D eigenvalue weighted by atomic mass is 9.81. The molecule has 1 heterocycles. The van der Waals surface area contributed by atoms with Crippen molar-refractivity contribution in [3.63, 3.8) is 0 Å². The lowest BCUT2D eigenvalue weighted by molar-refractivity contribution is -0.384. The van der Waals surface area contributed by atoms with Crippen molar-refractivity contribution in [1.82, 2.24) is 5.43 Å². The lowest BCUT2D eigenvalue weighted by Gasteiger charge is -2.40. The van der Waals surface area contributed by atoms with E-state index in [0.29, 0.717) is 16.8 Å². The summed E-state index contributed by atoms with van der Waals surface area (Å²) in [5, 5.41) is 22.7. The number of nitro groups is 1. The number of hydrogen-bond donors (Lipinski definition) is 2. The Morgan fingerprint density at radius 3 is 2.48 bits per heavy atom. The Balaban J connectivity index is 2.24. The van der Waals surface area contributed by atoms with Crippen molar-refractivity contribution in [2.75, 3.05) is 5.01 Å². The summed E-state index contributed by atoms with van der Waals surface area (Å²) in [5.41, 5.74) is 3.48. The third-order valence-electron chi connectivity index (χ3n) is 4.58. The van der Waals surface area contributed by atoms with Crippen molar-refractivity contribution in [3.05, 3.63) is 66.6 Å². The average molecular weight is 459 g/mol. The number of aliphatic carboxylic acids is 1. The van der Waals surface area contributed by atoms with Gasteiger partial charge in [-0.05, 0) is 30.2 Å². The first-order valence-electron chi connectivity index (χ1n) is 8.32. The largest absolute Gasteiger partial charge is 0.480 e. The van der Waals surface area contributed by atoms with E-state index in [1.54, 1.807) is 6.07 Å². The second kappa shape index (κ2) is 8.06. The highest BCUT2D eigenvalue weighted by Gasteiger charge is 2.40. The van der Waals surface area contributed by atoms with E-state index in [4.69, 9.17) is 34.8 Å². The number of carboxylic acids is 1. The molecule has 152 valence electrons. The number of rotatable bonds is 4. The molecule has 2 N–H and O–H groups in total. The summed E-state index contributed by atoms with van der Waals surface area (Å²) in [6.45, 7) is 1.25. The second-order valence-corrected chi connectivity index (χ2v) is 7.72. The number of nitro benzene ring substituents is 1. The molecule has 0 aliphatic carbocycles.